The third kappa shape index (κ3) is 5.26. The van der Waals surface area contributed by atoms with Crippen LogP contribution < -0.4 is 10.9 Å². The number of rotatable bonds is 7. The number of carbonyl (C=O) groups excluding carboxylic acids is 2. The van der Waals surface area contributed by atoms with Crippen LogP contribution in [0.2, 0.25) is 0 Å². The molecule has 9 heteroatoms. The van der Waals surface area contributed by atoms with Crippen molar-refractivity contribution in [3.63, 3.8) is 0 Å². The number of carbonyl (C=O) groups is 2. The lowest BCUT2D eigenvalue weighted by Gasteiger charge is -2.32. The molecule has 2 aromatic carbocycles. The van der Waals surface area contributed by atoms with Crippen molar-refractivity contribution in [1.29, 1.82) is 0 Å². The fourth-order valence-electron chi connectivity index (χ4n) is 4.28. The van der Waals surface area contributed by atoms with E-state index in [0.717, 1.165) is 18.5 Å². The number of aromatic amines is 1. The minimum atomic E-state index is -0.275. The molecule has 1 aliphatic heterocycles. The number of amides is 2. The summed E-state index contributed by atoms with van der Waals surface area (Å²) in [7, 11) is 1.61. The van der Waals surface area contributed by atoms with E-state index in [2.05, 4.69) is 10.3 Å². The Balaban J connectivity index is 1.50. The maximum atomic E-state index is 13.2. The molecule has 0 spiro atoms. The summed E-state index contributed by atoms with van der Waals surface area (Å²) in [6.07, 6.45) is 2.15. The standard InChI is InChI=1S/C25H28N4O4S/c1-33-14-6-13-29-24(32)20-11-10-17(15-21(20)27-25(29)34)23(31)28-12-5-7-18(16-28)22(30)26-19-8-3-2-4-9-19/h2-4,8-11,15,18H,5-7,12-14,16H2,1H3,(H,26,30)(H,27,34). The zero-order chi connectivity index (χ0) is 24.1. The van der Waals surface area contributed by atoms with Crippen LogP contribution in [-0.4, -0.2) is 53.1 Å². The van der Waals surface area contributed by atoms with Crippen LogP contribution in [0.25, 0.3) is 10.9 Å². The summed E-state index contributed by atoms with van der Waals surface area (Å²) in [5, 5.41) is 3.41. The lowest BCUT2D eigenvalue weighted by atomic mass is 9.96. The average Bonchev–Trinajstić information content (AvgIpc) is 2.86. The number of H-pyrrole nitrogens is 1. The largest absolute Gasteiger partial charge is 0.385 e. The van der Waals surface area contributed by atoms with Crippen LogP contribution in [0.1, 0.15) is 29.6 Å². The first-order valence-electron chi connectivity index (χ1n) is 11.4. The van der Waals surface area contributed by atoms with Crippen molar-refractivity contribution in [3.8, 4) is 0 Å². The van der Waals surface area contributed by atoms with Crippen molar-refractivity contribution in [2.24, 2.45) is 5.92 Å². The quantitative estimate of drug-likeness (QED) is 0.398. The van der Waals surface area contributed by atoms with Crippen LogP contribution >= 0.6 is 12.2 Å². The Labute approximate surface area is 202 Å². The summed E-state index contributed by atoms with van der Waals surface area (Å²) in [6, 6.07) is 14.3. The molecule has 1 saturated heterocycles. The third-order valence-corrected chi connectivity index (χ3v) is 6.40. The number of hydrogen-bond acceptors (Lipinski definition) is 5. The van der Waals surface area contributed by atoms with Crippen LogP contribution in [0.3, 0.4) is 0 Å². The Morgan fingerprint density at radius 1 is 1.21 bits per heavy atom. The smallest absolute Gasteiger partial charge is 0.262 e. The van der Waals surface area contributed by atoms with E-state index in [1.807, 2.05) is 30.3 Å². The van der Waals surface area contributed by atoms with Gasteiger partial charge >= 0.3 is 0 Å². The average molecular weight is 481 g/mol. The van der Waals surface area contributed by atoms with E-state index < -0.39 is 0 Å². The number of para-hydroxylation sites is 1. The number of nitrogens with zero attached hydrogens (tertiary/aromatic N) is 2. The van der Waals surface area contributed by atoms with E-state index in [9.17, 15) is 14.4 Å². The van der Waals surface area contributed by atoms with Crippen molar-refractivity contribution in [2.45, 2.75) is 25.8 Å². The Bertz CT molecular complexity index is 1300. The molecule has 34 heavy (non-hydrogen) atoms. The normalized spacial score (nSPS) is 15.9. The highest BCUT2D eigenvalue weighted by Gasteiger charge is 2.29. The summed E-state index contributed by atoms with van der Waals surface area (Å²) in [5.41, 5.74) is 1.54. The van der Waals surface area contributed by atoms with Gasteiger partial charge in [0.15, 0.2) is 4.77 Å². The predicted molar refractivity (Wildman–Crippen MR) is 134 cm³/mol. The minimum Gasteiger partial charge on any atom is -0.385 e. The number of fused-ring (bicyclic) bond motifs is 1. The van der Waals surface area contributed by atoms with Crippen molar-refractivity contribution >= 4 is 40.6 Å². The van der Waals surface area contributed by atoms with Crippen LogP contribution in [0.5, 0.6) is 0 Å². The Morgan fingerprint density at radius 2 is 2.00 bits per heavy atom. The molecule has 8 nitrogen and oxygen atoms in total. The predicted octanol–water partition coefficient (Wildman–Crippen LogP) is 3.59. The second-order valence-electron chi connectivity index (χ2n) is 8.44. The molecular formula is C25H28N4O4S. The molecule has 1 aromatic heterocycles. The van der Waals surface area contributed by atoms with Crippen LogP contribution in [0, 0.1) is 10.7 Å². The van der Waals surface area contributed by atoms with Gasteiger partial charge in [0.2, 0.25) is 5.91 Å². The minimum absolute atomic E-state index is 0.0830. The van der Waals surface area contributed by atoms with E-state index in [4.69, 9.17) is 17.0 Å². The number of benzene rings is 2. The zero-order valence-electron chi connectivity index (χ0n) is 19.1. The van der Waals surface area contributed by atoms with Gasteiger partial charge in [0, 0.05) is 44.6 Å². The second-order valence-corrected chi connectivity index (χ2v) is 8.83. The number of piperidine rings is 1. The number of likely N-dealkylation sites (tertiary alicyclic amines) is 1. The van der Waals surface area contributed by atoms with E-state index in [-0.39, 0.29) is 23.3 Å². The highest BCUT2D eigenvalue weighted by atomic mass is 32.1. The molecule has 0 saturated carbocycles. The number of methoxy groups -OCH3 is 1. The van der Waals surface area contributed by atoms with Crippen molar-refractivity contribution in [2.75, 3.05) is 32.1 Å². The van der Waals surface area contributed by atoms with Crippen LogP contribution in [0.15, 0.2) is 53.3 Å². The first-order chi connectivity index (χ1) is 16.5. The van der Waals surface area contributed by atoms with Gasteiger partial charge < -0.3 is 19.9 Å². The number of nitrogens with one attached hydrogen (secondary N) is 2. The van der Waals surface area contributed by atoms with Gasteiger partial charge in [0.1, 0.15) is 0 Å². The molecule has 3 aromatic rings. The van der Waals surface area contributed by atoms with Crippen LogP contribution in [-0.2, 0) is 16.1 Å². The van der Waals surface area contributed by atoms with Gasteiger partial charge in [-0.2, -0.15) is 0 Å². The molecule has 2 heterocycles. The molecule has 1 atom stereocenters. The van der Waals surface area contributed by atoms with Gasteiger partial charge in [-0.1, -0.05) is 18.2 Å². The fourth-order valence-corrected chi connectivity index (χ4v) is 4.57. The Hall–Kier alpha value is -3.30. The molecule has 0 bridgehead atoms. The van der Waals surface area contributed by atoms with E-state index in [1.165, 1.54) is 4.57 Å². The SMILES string of the molecule is COCCCn1c(=S)[nH]c2cc(C(=O)N3CCCC(C(=O)Nc4ccccc4)C3)ccc2c1=O. The molecular weight excluding hydrogens is 452 g/mol. The highest BCUT2D eigenvalue weighted by Crippen LogP contribution is 2.21. The van der Waals surface area contributed by atoms with E-state index in [1.54, 1.807) is 30.2 Å². The third-order valence-electron chi connectivity index (χ3n) is 6.08. The van der Waals surface area contributed by atoms with Gasteiger partial charge in [-0.25, -0.2) is 0 Å². The Morgan fingerprint density at radius 3 is 2.76 bits per heavy atom. The molecule has 1 unspecified atom stereocenters. The molecule has 1 aliphatic rings. The summed E-state index contributed by atoms with van der Waals surface area (Å²) in [6.45, 7) is 1.93. The number of ether oxygens (including phenoxy) is 1. The lowest BCUT2D eigenvalue weighted by Crippen LogP contribution is -2.43. The topological polar surface area (TPSA) is 96.4 Å². The number of aromatic nitrogens is 2. The summed E-state index contributed by atoms with van der Waals surface area (Å²) in [5.74, 6) is -0.522. The van der Waals surface area contributed by atoms with Gasteiger partial charge in [0.05, 0.1) is 16.8 Å². The molecule has 2 amide bonds. The molecule has 0 aliphatic carbocycles. The van der Waals surface area contributed by atoms with Crippen molar-refractivity contribution in [3.05, 3.63) is 69.2 Å². The molecule has 0 radical (unpaired) electrons. The summed E-state index contributed by atoms with van der Waals surface area (Å²) in [4.78, 5) is 43.7. The number of anilines is 1. The van der Waals surface area contributed by atoms with E-state index in [0.29, 0.717) is 53.9 Å². The summed E-state index contributed by atoms with van der Waals surface area (Å²) < 4.78 is 6.88. The lowest BCUT2D eigenvalue weighted by molar-refractivity contribution is -0.121. The first kappa shape index (κ1) is 23.8. The second kappa shape index (κ2) is 10.8. The van der Waals surface area contributed by atoms with Crippen LogP contribution in [0.4, 0.5) is 5.69 Å². The van der Waals surface area contributed by atoms with Gasteiger partial charge in [-0.05, 0) is 61.8 Å². The maximum Gasteiger partial charge on any atom is 0.262 e. The van der Waals surface area contributed by atoms with E-state index >= 15 is 0 Å². The molecule has 1 fully saturated rings. The van der Waals surface area contributed by atoms with Gasteiger partial charge in [0.25, 0.3) is 11.5 Å². The monoisotopic (exact) mass is 480 g/mol. The first-order valence-corrected chi connectivity index (χ1v) is 11.8. The zero-order valence-corrected chi connectivity index (χ0v) is 19.9. The number of hydrogen-bond donors (Lipinski definition) is 2. The molecule has 2 N–H and O–H groups in total. The highest BCUT2D eigenvalue weighted by molar-refractivity contribution is 7.71. The van der Waals surface area contributed by atoms with Gasteiger partial charge in [-0.3, -0.25) is 19.0 Å². The Kier molecular flexibility index (Phi) is 7.54. The van der Waals surface area contributed by atoms with Crippen molar-refractivity contribution in [1.82, 2.24) is 14.5 Å². The molecule has 4 rings (SSSR count). The van der Waals surface area contributed by atoms with Crippen molar-refractivity contribution < 1.29 is 14.3 Å². The van der Waals surface area contributed by atoms with Gasteiger partial charge in [-0.15, -0.1) is 0 Å². The summed E-state index contributed by atoms with van der Waals surface area (Å²) >= 11 is 5.38. The fraction of sp³-hybridized carbons (Fsp3) is 0.360. The maximum absolute atomic E-state index is 13.2. The molecule has 178 valence electrons.